The van der Waals surface area contributed by atoms with Crippen LogP contribution in [0.25, 0.3) is 26.6 Å². The summed E-state index contributed by atoms with van der Waals surface area (Å²) in [6, 6.07) is 16.6. The zero-order chi connectivity index (χ0) is 27.2. The van der Waals surface area contributed by atoms with E-state index in [4.69, 9.17) is 28.8 Å². The number of ether oxygens (including phenoxy) is 5. The molecule has 0 aliphatic carbocycles. The predicted octanol–water partition coefficient (Wildman–Crippen LogP) is 5.96. The highest BCUT2D eigenvalue weighted by Crippen LogP contribution is 2.42. The van der Waals surface area contributed by atoms with Crippen molar-refractivity contribution < 1.29 is 38.4 Å². The highest BCUT2D eigenvalue weighted by Gasteiger charge is 2.18. The molecule has 0 fully saturated rings. The first-order valence-corrected chi connectivity index (χ1v) is 12.3. The van der Waals surface area contributed by atoms with E-state index in [1.807, 2.05) is 36.4 Å². The second kappa shape index (κ2) is 11.7. The van der Waals surface area contributed by atoms with Gasteiger partial charge in [0.15, 0.2) is 23.9 Å². The van der Waals surface area contributed by atoms with E-state index in [1.54, 1.807) is 35.6 Å². The number of allylic oxidation sites excluding steroid dienone is 1. The first-order chi connectivity index (χ1) is 18.4. The smallest absolute Gasteiger partial charge is 0.341 e. The van der Waals surface area contributed by atoms with E-state index in [-0.39, 0.29) is 5.78 Å². The molecule has 0 bridgehead atoms. The Balaban J connectivity index is 1.76. The lowest BCUT2D eigenvalue weighted by molar-refractivity contribution is -0.139. The van der Waals surface area contributed by atoms with Crippen molar-refractivity contribution in [1.29, 1.82) is 0 Å². The summed E-state index contributed by atoms with van der Waals surface area (Å²) in [6.45, 7) is -0.504. The molecule has 4 aromatic rings. The third-order valence-corrected chi connectivity index (χ3v) is 6.89. The van der Waals surface area contributed by atoms with Crippen LogP contribution in [0, 0.1) is 0 Å². The first-order valence-electron chi connectivity index (χ1n) is 11.5. The molecule has 1 heterocycles. The third kappa shape index (κ3) is 5.57. The molecule has 0 spiro atoms. The van der Waals surface area contributed by atoms with Crippen molar-refractivity contribution in [1.82, 2.24) is 0 Å². The molecule has 0 saturated heterocycles. The monoisotopic (exact) mass is 534 g/mol. The Kier molecular flexibility index (Phi) is 8.18. The summed E-state index contributed by atoms with van der Waals surface area (Å²) < 4.78 is 28.3. The van der Waals surface area contributed by atoms with Crippen molar-refractivity contribution in [2.24, 2.45) is 0 Å². The summed E-state index contributed by atoms with van der Waals surface area (Å²) in [5, 5.41) is 10.2. The van der Waals surface area contributed by atoms with Crippen molar-refractivity contribution in [2.45, 2.75) is 0 Å². The van der Waals surface area contributed by atoms with Crippen LogP contribution in [0.5, 0.6) is 28.7 Å². The number of thiophene rings is 1. The Morgan fingerprint density at radius 3 is 2.13 bits per heavy atom. The summed E-state index contributed by atoms with van der Waals surface area (Å²) in [4.78, 5) is 25.2. The van der Waals surface area contributed by atoms with Crippen LogP contribution in [0.3, 0.4) is 0 Å². The quantitative estimate of drug-likeness (QED) is 0.186. The number of benzene rings is 3. The van der Waals surface area contributed by atoms with Gasteiger partial charge in [-0.05, 0) is 47.9 Å². The fraction of sp³-hybridized carbons (Fsp3) is 0.172. The standard InChI is InChI=1S/C29H26O8S/c1-33-22-15-23(37-16-28(31)32)20(27-14-18-7-5-6-8-26(18)38-27)11-17(22)9-10-21(30)19-12-24(34-2)29(36-4)25(13-19)35-3/h5-15H,16H2,1-4H3,(H,31,32). The predicted molar refractivity (Wildman–Crippen MR) is 146 cm³/mol. The van der Waals surface area contributed by atoms with Gasteiger partial charge in [0.1, 0.15) is 11.5 Å². The van der Waals surface area contributed by atoms with Crippen LogP contribution in [0.2, 0.25) is 0 Å². The number of carbonyl (C=O) groups is 2. The van der Waals surface area contributed by atoms with Gasteiger partial charge in [-0.15, -0.1) is 11.3 Å². The number of carbonyl (C=O) groups excluding carboxylic acids is 1. The maximum Gasteiger partial charge on any atom is 0.341 e. The normalized spacial score (nSPS) is 10.9. The van der Waals surface area contributed by atoms with Crippen molar-refractivity contribution in [2.75, 3.05) is 35.0 Å². The molecule has 0 saturated carbocycles. The van der Waals surface area contributed by atoms with E-state index in [2.05, 4.69) is 0 Å². The average Bonchev–Trinajstić information content (AvgIpc) is 3.37. The van der Waals surface area contributed by atoms with Crippen LogP contribution in [-0.2, 0) is 4.79 Å². The van der Waals surface area contributed by atoms with Gasteiger partial charge in [0.2, 0.25) is 5.75 Å². The van der Waals surface area contributed by atoms with Gasteiger partial charge in [-0.2, -0.15) is 0 Å². The Labute approximate surface area is 223 Å². The Bertz CT molecular complexity index is 1460. The van der Waals surface area contributed by atoms with Crippen LogP contribution in [0.1, 0.15) is 15.9 Å². The van der Waals surface area contributed by atoms with Crippen molar-refractivity contribution in [3.8, 4) is 39.2 Å². The lowest BCUT2D eigenvalue weighted by Gasteiger charge is -2.14. The van der Waals surface area contributed by atoms with Gasteiger partial charge in [-0.25, -0.2) is 4.79 Å². The second-order valence-electron chi connectivity index (χ2n) is 8.03. The van der Waals surface area contributed by atoms with Gasteiger partial charge < -0.3 is 28.8 Å². The minimum Gasteiger partial charge on any atom is -0.496 e. The number of methoxy groups -OCH3 is 4. The Morgan fingerprint density at radius 2 is 1.53 bits per heavy atom. The molecule has 38 heavy (non-hydrogen) atoms. The molecule has 4 rings (SSSR count). The van der Waals surface area contributed by atoms with E-state index in [0.717, 1.165) is 15.0 Å². The lowest BCUT2D eigenvalue weighted by atomic mass is 10.0. The zero-order valence-electron chi connectivity index (χ0n) is 21.3. The molecule has 196 valence electrons. The van der Waals surface area contributed by atoms with Gasteiger partial charge in [0, 0.05) is 32.3 Å². The van der Waals surface area contributed by atoms with Crippen LogP contribution in [-0.4, -0.2) is 51.9 Å². The van der Waals surface area contributed by atoms with E-state index in [1.165, 1.54) is 34.5 Å². The number of rotatable bonds is 11. The number of carboxylic acids is 1. The molecule has 0 amide bonds. The summed E-state index contributed by atoms with van der Waals surface area (Å²) in [6.07, 6.45) is 3.06. The van der Waals surface area contributed by atoms with E-state index < -0.39 is 12.6 Å². The molecule has 0 radical (unpaired) electrons. The molecular formula is C29H26O8S. The lowest BCUT2D eigenvalue weighted by Crippen LogP contribution is -2.10. The van der Waals surface area contributed by atoms with Gasteiger partial charge in [-0.3, -0.25) is 4.79 Å². The molecule has 3 aromatic carbocycles. The molecule has 0 atom stereocenters. The molecule has 0 unspecified atom stereocenters. The maximum atomic E-state index is 13.1. The third-order valence-electron chi connectivity index (χ3n) is 5.74. The number of fused-ring (bicyclic) bond motifs is 1. The van der Waals surface area contributed by atoms with Gasteiger partial charge in [0.25, 0.3) is 0 Å². The van der Waals surface area contributed by atoms with Gasteiger partial charge >= 0.3 is 5.97 Å². The van der Waals surface area contributed by atoms with Crippen molar-refractivity contribution in [3.63, 3.8) is 0 Å². The topological polar surface area (TPSA) is 101 Å². The number of hydrogen-bond donors (Lipinski definition) is 1. The summed E-state index contributed by atoms with van der Waals surface area (Å²) in [5.41, 5.74) is 1.65. The molecule has 9 heteroatoms. The fourth-order valence-corrected chi connectivity index (χ4v) is 5.02. The van der Waals surface area contributed by atoms with Gasteiger partial charge in [-0.1, -0.05) is 18.2 Å². The Morgan fingerprint density at radius 1 is 0.842 bits per heavy atom. The second-order valence-corrected chi connectivity index (χ2v) is 9.12. The van der Waals surface area contributed by atoms with Gasteiger partial charge in [0.05, 0.1) is 28.4 Å². The SMILES string of the molecule is COc1cc(OCC(=O)O)c(-c2cc3ccccc3s2)cc1C=CC(=O)c1cc(OC)c(OC)c(OC)c1. The summed E-state index contributed by atoms with van der Waals surface area (Å²) in [5.74, 6) is 0.531. The minimum absolute atomic E-state index is 0.291. The molecule has 1 N–H and O–H groups in total. The number of aliphatic carboxylic acids is 1. The zero-order valence-corrected chi connectivity index (χ0v) is 22.1. The average molecular weight is 535 g/mol. The number of ketones is 1. The van der Waals surface area contributed by atoms with Crippen LogP contribution < -0.4 is 23.7 Å². The molecule has 8 nitrogen and oxygen atoms in total. The van der Waals surface area contributed by atoms with Crippen molar-refractivity contribution >= 4 is 39.3 Å². The highest BCUT2D eigenvalue weighted by atomic mass is 32.1. The molecular weight excluding hydrogens is 508 g/mol. The van der Waals surface area contributed by atoms with E-state index in [9.17, 15) is 9.59 Å². The van der Waals surface area contributed by atoms with Crippen molar-refractivity contribution in [3.05, 3.63) is 71.8 Å². The number of hydrogen-bond acceptors (Lipinski definition) is 8. The summed E-state index contributed by atoms with van der Waals surface area (Å²) >= 11 is 1.55. The maximum absolute atomic E-state index is 13.1. The first kappa shape index (κ1) is 26.6. The largest absolute Gasteiger partial charge is 0.496 e. The van der Waals surface area contributed by atoms with E-state index >= 15 is 0 Å². The fourth-order valence-electron chi connectivity index (χ4n) is 3.94. The number of carboxylic acid groups (broad SMARTS) is 1. The molecule has 0 aliphatic rings. The molecule has 0 aliphatic heterocycles. The summed E-state index contributed by atoms with van der Waals surface area (Å²) in [7, 11) is 5.95. The molecule has 1 aromatic heterocycles. The van der Waals surface area contributed by atoms with E-state index in [0.29, 0.717) is 45.4 Å². The van der Waals surface area contributed by atoms with Crippen LogP contribution in [0.4, 0.5) is 0 Å². The van der Waals surface area contributed by atoms with Crippen LogP contribution >= 0.6 is 11.3 Å². The van der Waals surface area contributed by atoms with Crippen LogP contribution in [0.15, 0.2) is 60.7 Å². The minimum atomic E-state index is -1.09. The Hall–Kier alpha value is -4.50. The highest BCUT2D eigenvalue weighted by molar-refractivity contribution is 7.22.